The maximum atomic E-state index is 14.3. The van der Waals surface area contributed by atoms with Gasteiger partial charge in [0.05, 0.1) is 31.4 Å². The van der Waals surface area contributed by atoms with Gasteiger partial charge in [0, 0.05) is 61.7 Å². The summed E-state index contributed by atoms with van der Waals surface area (Å²) in [6.07, 6.45) is 5.10. The Morgan fingerprint density at radius 1 is 1.15 bits per heavy atom. The topological polar surface area (TPSA) is 216 Å². The third-order valence-electron chi connectivity index (χ3n) is 11.3. The lowest BCUT2D eigenvalue weighted by Gasteiger charge is -2.37. The molecular formula is C43H66N8O8S. The largest absolute Gasteiger partial charge is 0.506 e. The normalized spacial score (nSPS) is 16.8. The fraction of sp³-hybridized carbons (Fsp3) is 0.674. The molecule has 1 saturated heterocycles. The first-order chi connectivity index (χ1) is 28.6. The highest BCUT2D eigenvalue weighted by molar-refractivity contribution is 7.09. The van der Waals surface area contributed by atoms with E-state index in [0.717, 1.165) is 44.2 Å². The fourth-order valence-electron chi connectivity index (χ4n) is 7.67. The van der Waals surface area contributed by atoms with Crippen LogP contribution in [0.5, 0.6) is 5.75 Å². The number of ether oxygens (including phenoxy) is 2. The zero-order valence-corrected chi connectivity index (χ0v) is 37.5. The van der Waals surface area contributed by atoms with Crippen molar-refractivity contribution >= 4 is 46.5 Å². The molecule has 0 radical (unpaired) electrons. The number of hydrogen-bond acceptors (Lipinski definition) is 12. The molecule has 0 unspecified atom stereocenters. The summed E-state index contributed by atoms with van der Waals surface area (Å²) in [7, 11) is 3.74. The van der Waals surface area contributed by atoms with Crippen molar-refractivity contribution in [1.29, 1.82) is 0 Å². The lowest BCUT2D eigenvalue weighted by atomic mass is 9.83. The molecule has 3 N–H and O–H groups in total. The van der Waals surface area contributed by atoms with Gasteiger partial charge in [-0.05, 0) is 74.3 Å². The van der Waals surface area contributed by atoms with Gasteiger partial charge in [-0.1, -0.05) is 65.1 Å². The third kappa shape index (κ3) is 15.5. The lowest BCUT2D eigenvalue weighted by Crippen LogP contribution is -2.48. The van der Waals surface area contributed by atoms with Crippen LogP contribution < -0.4 is 10.6 Å². The van der Waals surface area contributed by atoms with Crippen LogP contribution in [0.2, 0.25) is 0 Å². The second-order valence-electron chi connectivity index (χ2n) is 16.2. The molecule has 1 aromatic heterocycles. The molecule has 0 spiro atoms. The van der Waals surface area contributed by atoms with Crippen LogP contribution in [0.1, 0.15) is 126 Å². The van der Waals surface area contributed by atoms with E-state index in [1.54, 1.807) is 29.5 Å². The summed E-state index contributed by atoms with van der Waals surface area (Å²) in [4.78, 5) is 77.6. The van der Waals surface area contributed by atoms with Gasteiger partial charge >= 0.3 is 5.97 Å². The molecule has 2 heterocycles. The minimum atomic E-state index is -0.822. The smallest absolute Gasteiger partial charge is 0.303 e. The van der Waals surface area contributed by atoms with Gasteiger partial charge in [-0.25, -0.2) is 4.98 Å². The molecule has 1 aliphatic rings. The first kappa shape index (κ1) is 49.8. The quantitative estimate of drug-likeness (QED) is 0.0227. The van der Waals surface area contributed by atoms with Crippen molar-refractivity contribution in [3.05, 3.63) is 50.3 Å². The molecule has 16 nitrogen and oxygen atoms in total. The molecule has 3 amide bonds. The van der Waals surface area contributed by atoms with Crippen LogP contribution in [-0.2, 0) is 35.1 Å². The van der Waals surface area contributed by atoms with Crippen molar-refractivity contribution in [2.45, 2.75) is 130 Å². The molecule has 332 valence electrons. The van der Waals surface area contributed by atoms with Crippen LogP contribution in [0, 0.1) is 17.8 Å². The molecule has 0 saturated carbocycles. The van der Waals surface area contributed by atoms with Crippen molar-refractivity contribution in [1.82, 2.24) is 20.1 Å². The molecule has 2 aromatic rings. The number of carbonyl (C=O) groups excluding carboxylic acids is 5. The summed E-state index contributed by atoms with van der Waals surface area (Å²) in [6.45, 7) is 12.7. The number of nitrogens with one attached hydrogen (secondary N) is 2. The van der Waals surface area contributed by atoms with Gasteiger partial charge in [-0.3, -0.25) is 28.9 Å². The van der Waals surface area contributed by atoms with Gasteiger partial charge in [0.25, 0.3) is 5.91 Å². The predicted octanol–water partition coefficient (Wildman–Crippen LogP) is 7.23. The summed E-state index contributed by atoms with van der Waals surface area (Å²) < 4.78 is 11.1. The number of azide groups is 1. The SMILES string of the molecule is CCC[C@H](Cc1ccc(O)c(NC(=O)CCOCCN=[N+]=[N-])c1)NC(=O)c1csc([C@@H](C[C@H](C(C)C)N(C)C(=O)[C@@H](CC(=O)[C@H]2CCCCN2C)[C@@H](C)CC)OC(C)=O)n1. The van der Waals surface area contributed by atoms with E-state index in [0.29, 0.717) is 17.8 Å². The number of amides is 3. The predicted molar refractivity (Wildman–Crippen MR) is 232 cm³/mol. The lowest BCUT2D eigenvalue weighted by molar-refractivity contribution is -0.149. The number of anilines is 1. The second kappa shape index (κ2) is 25.3. The fourth-order valence-corrected chi connectivity index (χ4v) is 8.51. The van der Waals surface area contributed by atoms with Crippen molar-refractivity contribution in [3.8, 4) is 5.75 Å². The van der Waals surface area contributed by atoms with Gasteiger partial charge in [-0.15, -0.1) is 11.3 Å². The van der Waals surface area contributed by atoms with E-state index in [9.17, 15) is 29.1 Å². The van der Waals surface area contributed by atoms with Crippen LogP contribution in [0.25, 0.3) is 10.4 Å². The summed E-state index contributed by atoms with van der Waals surface area (Å²) >= 11 is 1.21. The van der Waals surface area contributed by atoms with Crippen LogP contribution >= 0.6 is 11.3 Å². The van der Waals surface area contributed by atoms with Crippen molar-refractivity contribution in [2.24, 2.45) is 22.9 Å². The molecular weight excluding hydrogens is 789 g/mol. The highest BCUT2D eigenvalue weighted by Crippen LogP contribution is 2.33. The summed E-state index contributed by atoms with van der Waals surface area (Å²) in [5, 5.41) is 21.7. The molecule has 60 heavy (non-hydrogen) atoms. The van der Waals surface area contributed by atoms with E-state index in [1.807, 2.05) is 41.7 Å². The molecule has 1 aromatic carbocycles. The Hall–Kier alpha value is -4.57. The van der Waals surface area contributed by atoms with E-state index >= 15 is 0 Å². The number of phenols is 1. The molecule has 6 atom stereocenters. The van der Waals surface area contributed by atoms with Gasteiger partial charge in [0.1, 0.15) is 16.5 Å². The number of aromatic nitrogens is 1. The maximum Gasteiger partial charge on any atom is 0.303 e. The number of likely N-dealkylation sites (N-methyl/N-ethyl adjacent to an activating group) is 1. The summed E-state index contributed by atoms with van der Waals surface area (Å²) in [6, 6.07) is 4.05. The number of ketones is 1. The van der Waals surface area contributed by atoms with Crippen LogP contribution in [0.3, 0.4) is 0 Å². The monoisotopic (exact) mass is 854 g/mol. The first-order valence-electron chi connectivity index (χ1n) is 21.2. The number of nitrogens with zero attached hydrogens (tertiary/aromatic N) is 6. The number of thiazole rings is 1. The van der Waals surface area contributed by atoms with Crippen molar-refractivity contribution < 1.29 is 38.6 Å². The Kier molecular flexibility index (Phi) is 21.0. The van der Waals surface area contributed by atoms with E-state index in [1.165, 1.54) is 24.3 Å². The highest BCUT2D eigenvalue weighted by Gasteiger charge is 2.37. The molecule has 3 rings (SSSR count). The van der Waals surface area contributed by atoms with Crippen LogP contribution in [0.4, 0.5) is 5.69 Å². The number of aromatic hydroxyl groups is 1. The first-order valence-corrected chi connectivity index (χ1v) is 22.1. The number of phenolic OH excluding ortho intramolecular Hbond substituents is 1. The molecule has 0 bridgehead atoms. The Labute approximate surface area is 358 Å². The standard InChI is InChI=1S/C43H66N8O8S/c1-9-13-31(22-30-15-16-37(53)33(23-30)47-40(55)17-20-58-21-18-45-49-44)46-41(56)34-26-60-42(48-34)39(59-29(6)52)25-36(27(3)4)51(8)43(57)32(28(5)10-2)24-38(54)35-14-11-12-19-50(35)7/h15-16,23,26-28,31-32,35-36,39,53H,9-14,17-22,24-25H2,1-8H3,(H,46,56)(H,47,55)/t28-,31+,32-,35+,36+,39+/m0/s1. The van der Waals surface area contributed by atoms with Gasteiger partial charge in [0.2, 0.25) is 11.8 Å². The molecule has 17 heteroatoms. The molecule has 0 aliphatic carbocycles. The van der Waals surface area contributed by atoms with Crippen molar-refractivity contribution in [2.75, 3.05) is 45.7 Å². The van der Waals surface area contributed by atoms with E-state index in [2.05, 4.69) is 30.5 Å². The minimum Gasteiger partial charge on any atom is -0.506 e. The Balaban J connectivity index is 1.73. The zero-order chi connectivity index (χ0) is 44.4. The van der Waals surface area contributed by atoms with Gasteiger partial charge in [0.15, 0.2) is 11.9 Å². The second-order valence-corrected chi connectivity index (χ2v) is 17.1. The van der Waals surface area contributed by atoms with E-state index in [4.69, 9.17) is 15.0 Å². The number of likely N-dealkylation sites (tertiary alicyclic amines) is 1. The highest BCUT2D eigenvalue weighted by atomic mass is 32.1. The van der Waals surface area contributed by atoms with Crippen LogP contribution in [0.15, 0.2) is 28.7 Å². The molecule has 1 fully saturated rings. The number of hydrogen-bond donors (Lipinski definition) is 3. The Bertz CT molecular complexity index is 1780. The van der Waals surface area contributed by atoms with Crippen LogP contribution in [-0.4, -0.2) is 108 Å². The van der Waals surface area contributed by atoms with E-state index in [-0.39, 0.29) is 104 Å². The number of carbonyl (C=O) groups is 5. The number of benzene rings is 1. The van der Waals surface area contributed by atoms with Crippen molar-refractivity contribution in [3.63, 3.8) is 0 Å². The number of piperidine rings is 1. The average Bonchev–Trinajstić information content (AvgIpc) is 3.71. The average molecular weight is 855 g/mol. The van der Waals surface area contributed by atoms with E-state index < -0.39 is 23.9 Å². The number of rotatable bonds is 25. The third-order valence-corrected chi connectivity index (χ3v) is 12.2. The summed E-state index contributed by atoms with van der Waals surface area (Å²) in [5.41, 5.74) is 9.53. The number of Topliss-reactive ketones (excluding diaryl/α,β-unsaturated/α-hetero) is 1. The Morgan fingerprint density at radius 3 is 2.55 bits per heavy atom. The van der Waals surface area contributed by atoms with Gasteiger partial charge in [-0.2, -0.15) is 0 Å². The zero-order valence-electron chi connectivity index (χ0n) is 36.6. The molecule has 1 aliphatic heterocycles. The number of esters is 1. The van der Waals surface area contributed by atoms with Gasteiger partial charge < -0.3 is 30.1 Å². The maximum absolute atomic E-state index is 14.3. The minimum absolute atomic E-state index is 0.0114. The Morgan fingerprint density at radius 2 is 1.90 bits per heavy atom. The summed E-state index contributed by atoms with van der Waals surface area (Å²) in [5.74, 6) is -1.91.